The van der Waals surface area contributed by atoms with E-state index in [-0.39, 0.29) is 0 Å². The molecule has 0 amide bonds. The van der Waals surface area contributed by atoms with Gasteiger partial charge in [0.2, 0.25) is 0 Å². The standard InChI is InChI=1S/C16H15NO/c1-3-18-15-6-4-5-14(10-15)16-9-13(11-17)8-7-12(16)2/h4-10H,3H2,1-2H3. The van der Waals surface area contributed by atoms with Crippen molar-refractivity contribution in [3.05, 3.63) is 53.6 Å². The Balaban J connectivity index is 2.48. The molecular weight excluding hydrogens is 222 g/mol. The van der Waals surface area contributed by atoms with E-state index in [4.69, 9.17) is 10.00 Å². The summed E-state index contributed by atoms with van der Waals surface area (Å²) in [5.41, 5.74) is 3.99. The largest absolute Gasteiger partial charge is 0.494 e. The summed E-state index contributed by atoms with van der Waals surface area (Å²) in [5, 5.41) is 8.96. The average molecular weight is 237 g/mol. The van der Waals surface area contributed by atoms with Crippen molar-refractivity contribution < 1.29 is 4.74 Å². The van der Waals surface area contributed by atoms with Gasteiger partial charge in [-0.15, -0.1) is 0 Å². The van der Waals surface area contributed by atoms with Crippen LogP contribution in [-0.4, -0.2) is 6.61 Å². The summed E-state index contributed by atoms with van der Waals surface area (Å²) in [4.78, 5) is 0. The molecule has 0 spiro atoms. The van der Waals surface area contributed by atoms with Gasteiger partial charge in [-0.1, -0.05) is 18.2 Å². The average Bonchev–Trinajstić information content (AvgIpc) is 2.40. The summed E-state index contributed by atoms with van der Waals surface area (Å²) >= 11 is 0. The third kappa shape index (κ3) is 2.52. The van der Waals surface area contributed by atoms with Crippen LogP contribution in [0.5, 0.6) is 5.75 Å². The summed E-state index contributed by atoms with van der Waals surface area (Å²) in [6, 6.07) is 15.9. The first kappa shape index (κ1) is 12.2. The highest BCUT2D eigenvalue weighted by atomic mass is 16.5. The molecule has 0 unspecified atom stereocenters. The Bertz CT molecular complexity index is 596. The molecular formula is C16H15NO. The van der Waals surface area contributed by atoms with Gasteiger partial charge in [-0.3, -0.25) is 0 Å². The lowest BCUT2D eigenvalue weighted by atomic mass is 9.98. The Labute approximate surface area is 107 Å². The molecule has 0 saturated carbocycles. The first-order valence-electron chi connectivity index (χ1n) is 5.98. The fourth-order valence-electron chi connectivity index (χ4n) is 1.92. The predicted molar refractivity (Wildman–Crippen MR) is 72.5 cm³/mol. The Kier molecular flexibility index (Phi) is 3.64. The molecule has 0 bridgehead atoms. The summed E-state index contributed by atoms with van der Waals surface area (Å²) in [5.74, 6) is 0.858. The van der Waals surface area contributed by atoms with Crippen LogP contribution in [0.2, 0.25) is 0 Å². The summed E-state index contributed by atoms with van der Waals surface area (Å²) in [6.45, 7) is 4.67. The molecule has 0 N–H and O–H groups in total. The van der Waals surface area contributed by atoms with Gasteiger partial charge in [0, 0.05) is 0 Å². The van der Waals surface area contributed by atoms with Crippen LogP contribution in [0.1, 0.15) is 18.1 Å². The van der Waals surface area contributed by atoms with Gasteiger partial charge < -0.3 is 4.74 Å². The molecule has 0 radical (unpaired) electrons. The summed E-state index contributed by atoms with van der Waals surface area (Å²) in [7, 11) is 0. The predicted octanol–water partition coefficient (Wildman–Crippen LogP) is 3.93. The van der Waals surface area contributed by atoms with Crippen LogP contribution in [0.15, 0.2) is 42.5 Å². The third-order valence-electron chi connectivity index (χ3n) is 2.82. The van der Waals surface area contributed by atoms with Gasteiger partial charge in [0.05, 0.1) is 18.2 Å². The molecule has 0 aromatic heterocycles. The van der Waals surface area contributed by atoms with Crippen molar-refractivity contribution in [3.63, 3.8) is 0 Å². The van der Waals surface area contributed by atoms with Gasteiger partial charge in [0.15, 0.2) is 0 Å². The van der Waals surface area contributed by atoms with E-state index in [0.29, 0.717) is 12.2 Å². The normalized spacial score (nSPS) is 9.83. The van der Waals surface area contributed by atoms with Crippen molar-refractivity contribution in [2.75, 3.05) is 6.61 Å². The molecule has 0 fully saturated rings. The molecule has 2 aromatic rings. The van der Waals surface area contributed by atoms with E-state index >= 15 is 0 Å². The van der Waals surface area contributed by atoms with Crippen molar-refractivity contribution in [1.29, 1.82) is 5.26 Å². The van der Waals surface area contributed by atoms with E-state index in [2.05, 4.69) is 6.07 Å². The summed E-state index contributed by atoms with van der Waals surface area (Å²) in [6.07, 6.45) is 0. The third-order valence-corrected chi connectivity index (χ3v) is 2.82. The van der Waals surface area contributed by atoms with E-state index in [1.165, 1.54) is 0 Å². The first-order chi connectivity index (χ1) is 8.74. The lowest BCUT2D eigenvalue weighted by Crippen LogP contribution is -1.92. The van der Waals surface area contributed by atoms with Gasteiger partial charge in [0.1, 0.15) is 5.75 Å². The maximum atomic E-state index is 8.96. The highest BCUT2D eigenvalue weighted by molar-refractivity contribution is 5.70. The highest BCUT2D eigenvalue weighted by Gasteiger charge is 2.04. The molecule has 0 saturated heterocycles. The fourth-order valence-corrected chi connectivity index (χ4v) is 1.92. The zero-order valence-corrected chi connectivity index (χ0v) is 10.6. The highest BCUT2D eigenvalue weighted by Crippen LogP contribution is 2.27. The quantitative estimate of drug-likeness (QED) is 0.810. The molecule has 2 rings (SSSR count). The van der Waals surface area contributed by atoms with Crippen LogP contribution in [0.4, 0.5) is 0 Å². The molecule has 2 nitrogen and oxygen atoms in total. The van der Waals surface area contributed by atoms with E-state index in [1.54, 1.807) is 0 Å². The van der Waals surface area contributed by atoms with Gasteiger partial charge in [0.25, 0.3) is 0 Å². The monoisotopic (exact) mass is 237 g/mol. The fraction of sp³-hybridized carbons (Fsp3) is 0.188. The number of nitriles is 1. The van der Waals surface area contributed by atoms with Crippen molar-refractivity contribution in [3.8, 4) is 22.9 Å². The van der Waals surface area contributed by atoms with Crippen molar-refractivity contribution >= 4 is 0 Å². The van der Waals surface area contributed by atoms with Crippen LogP contribution >= 0.6 is 0 Å². The lowest BCUT2D eigenvalue weighted by molar-refractivity contribution is 0.340. The zero-order chi connectivity index (χ0) is 13.0. The first-order valence-corrected chi connectivity index (χ1v) is 5.98. The molecule has 90 valence electrons. The SMILES string of the molecule is CCOc1cccc(-c2cc(C#N)ccc2C)c1. The topological polar surface area (TPSA) is 33.0 Å². The second-order valence-electron chi connectivity index (χ2n) is 4.10. The van der Waals surface area contributed by atoms with Crippen LogP contribution in [0.25, 0.3) is 11.1 Å². The Morgan fingerprint density at radius 2 is 2.00 bits per heavy atom. The van der Waals surface area contributed by atoms with Crippen LogP contribution in [0.3, 0.4) is 0 Å². The van der Waals surface area contributed by atoms with Crippen LogP contribution in [-0.2, 0) is 0 Å². The number of hydrogen-bond donors (Lipinski definition) is 0. The Hall–Kier alpha value is -2.27. The van der Waals surface area contributed by atoms with Gasteiger partial charge in [-0.05, 0) is 54.8 Å². The number of hydrogen-bond acceptors (Lipinski definition) is 2. The maximum Gasteiger partial charge on any atom is 0.119 e. The maximum absolute atomic E-state index is 8.96. The molecule has 2 aromatic carbocycles. The minimum Gasteiger partial charge on any atom is -0.494 e. The molecule has 2 heteroatoms. The second kappa shape index (κ2) is 5.37. The number of ether oxygens (including phenoxy) is 1. The number of nitrogens with zero attached hydrogens (tertiary/aromatic N) is 1. The van der Waals surface area contributed by atoms with E-state index < -0.39 is 0 Å². The van der Waals surface area contributed by atoms with E-state index in [9.17, 15) is 0 Å². The van der Waals surface area contributed by atoms with E-state index in [0.717, 1.165) is 22.4 Å². The van der Waals surface area contributed by atoms with Crippen molar-refractivity contribution in [2.45, 2.75) is 13.8 Å². The van der Waals surface area contributed by atoms with Gasteiger partial charge in [-0.25, -0.2) is 0 Å². The van der Waals surface area contributed by atoms with Gasteiger partial charge >= 0.3 is 0 Å². The molecule has 0 aliphatic heterocycles. The van der Waals surface area contributed by atoms with E-state index in [1.807, 2.05) is 56.3 Å². The smallest absolute Gasteiger partial charge is 0.119 e. The minimum absolute atomic E-state index is 0.653. The zero-order valence-electron chi connectivity index (χ0n) is 10.6. The molecule has 0 heterocycles. The van der Waals surface area contributed by atoms with Crippen LogP contribution in [0, 0.1) is 18.3 Å². The minimum atomic E-state index is 0.653. The molecule has 0 aliphatic carbocycles. The van der Waals surface area contributed by atoms with Crippen LogP contribution < -0.4 is 4.74 Å². The lowest BCUT2D eigenvalue weighted by Gasteiger charge is -2.09. The second-order valence-corrected chi connectivity index (χ2v) is 4.10. The molecule has 0 aliphatic rings. The van der Waals surface area contributed by atoms with Crippen molar-refractivity contribution in [1.82, 2.24) is 0 Å². The van der Waals surface area contributed by atoms with Crippen molar-refractivity contribution in [2.24, 2.45) is 0 Å². The molecule has 0 atom stereocenters. The number of aryl methyl sites for hydroxylation is 1. The number of benzene rings is 2. The Morgan fingerprint density at radius 3 is 2.72 bits per heavy atom. The molecule has 18 heavy (non-hydrogen) atoms. The number of rotatable bonds is 3. The van der Waals surface area contributed by atoms with Gasteiger partial charge in [-0.2, -0.15) is 5.26 Å². The Morgan fingerprint density at radius 1 is 1.17 bits per heavy atom. The summed E-state index contributed by atoms with van der Waals surface area (Å²) < 4.78 is 5.50.